The molecule has 18 heavy (non-hydrogen) atoms. The minimum Gasteiger partial charge on any atom is -0.465 e. The van der Waals surface area contributed by atoms with Crippen LogP contribution in [0.3, 0.4) is 0 Å². The first kappa shape index (κ1) is 14.7. The van der Waals surface area contributed by atoms with Crippen molar-refractivity contribution in [3.63, 3.8) is 0 Å². The monoisotopic (exact) mass is 250 g/mol. The normalized spacial score (nSPS) is 10.7. The standard InChI is InChI=1S/C15H22O3/c1-5-6-7-13-14(9-8-10(2)16)18-12(4)15(13)11(3)17/h5-9H2,1-4H3. The van der Waals surface area contributed by atoms with Crippen LogP contribution in [0.1, 0.15) is 67.5 Å². The highest BCUT2D eigenvalue weighted by atomic mass is 16.3. The molecule has 0 aromatic carbocycles. The Morgan fingerprint density at radius 1 is 1.17 bits per heavy atom. The van der Waals surface area contributed by atoms with Crippen LogP contribution in [0.25, 0.3) is 0 Å². The van der Waals surface area contributed by atoms with E-state index in [4.69, 9.17) is 4.42 Å². The van der Waals surface area contributed by atoms with E-state index in [9.17, 15) is 9.59 Å². The van der Waals surface area contributed by atoms with Gasteiger partial charge in [-0.3, -0.25) is 4.79 Å². The summed E-state index contributed by atoms with van der Waals surface area (Å²) in [4.78, 5) is 22.7. The Bertz CT molecular complexity index is 441. The quantitative estimate of drug-likeness (QED) is 0.694. The van der Waals surface area contributed by atoms with Crippen molar-refractivity contribution in [2.24, 2.45) is 0 Å². The van der Waals surface area contributed by atoms with Crippen molar-refractivity contribution in [3.05, 3.63) is 22.6 Å². The average molecular weight is 250 g/mol. The number of carbonyl (C=O) groups excluding carboxylic acids is 2. The van der Waals surface area contributed by atoms with Gasteiger partial charge in [-0.05, 0) is 33.6 Å². The Kier molecular flexibility index (Phi) is 5.32. The number of ketones is 2. The molecule has 0 N–H and O–H groups in total. The zero-order valence-corrected chi connectivity index (χ0v) is 11.8. The van der Waals surface area contributed by atoms with Crippen molar-refractivity contribution in [3.8, 4) is 0 Å². The fourth-order valence-corrected chi connectivity index (χ4v) is 2.22. The fourth-order valence-electron chi connectivity index (χ4n) is 2.22. The molecule has 0 unspecified atom stereocenters. The number of aryl methyl sites for hydroxylation is 2. The van der Waals surface area contributed by atoms with Gasteiger partial charge in [0.1, 0.15) is 17.3 Å². The van der Waals surface area contributed by atoms with E-state index in [-0.39, 0.29) is 11.6 Å². The van der Waals surface area contributed by atoms with Crippen LogP contribution in [0.4, 0.5) is 0 Å². The summed E-state index contributed by atoms with van der Waals surface area (Å²) in [6, 6.07) is 0. The van der Waals surface area contributed by atoms with E-state index in [2.05, 4.69) is 6.92 Å². The van der Waals surface area contributed by atoms with Crippen LogP contribution in [-0.4, -0.2) is 11.6 Å². The lowest BCUT2D eigenvalue weighted by Crippen LogP contribution is -2.01. The summed E-state index contributed by atoms with van der Waals surface area (Å²) in [5.74, 6) is 1.71. The fraction of sp³-hybridized carbons (Fsp3) is 0.600. The molecule has 0 aliphatic carbocycles. The summed E-state index contributed by atoms with van der Waals surface area (Å²) in [7, 11) is 0. The summed E-state index contributed by atoms with van der Waals surface area (Å²) in [6.45, 7) is 7.09. The third-order valence-corrected chi connectivity index (χ3v) is 3.10. The molecule has 0 aliphatic heterocycles. The Hall–Kier alpha value is -1.38. The highest BCUT2D eigenvalue weighted by molar-refractivity contribution is 5.96. The lowest BCUT2D eigenvalue weighted by Gasteiger charge is -2.03. The maximum atomic E-state index is 11.7. The number of Topliss-reactive ketones (excluding diaryl/α,β-unsaturated/α-hetero) is 2. The van der Waals surface area contributed by atoms with Crippen LogP contribution < -0.4 is 0 Å². The minimum absolute atomic E-state index is 0.0522. The molecule has 1 heterocycles. The number of hydrogen-bond donors (Lipinski definition) is 0. The molecule has 0 radical (unpaired) electrons. The number of furan rings is 1. The number of carbonyl (C=O) groups is 2. The molecule has 0 atom stereocenters. The molecule has 1 aromatic heterocycles. The van der Waals surface area contributed by atoms with Crippen LogP contribution in [0.5, 0.6) is 0 Å². The topological polar surface area (TPSA) is 47.3 Å². The van der Waals surface area contributed by atoms with E-state index in [1.165, 1.54) is 0 Å². The van der Waals surface area contributed by atoms with Gasteiger partial charge in [-0.25, -0.2) is 0 Å². The van der Waals surface area contributed by atoms with E-state index >= 15 is 0 Å². The van der Waals surface area contributed by atoms with E-state index in [1.54, 1.807) is 13.8 Å². The Morgan fingerprint density at radius 2 is 1.83 bits per heavy atom. The Labute approximate surface area is 109 Å². The number of rotatable bonds is 7. The highest BCUT2D eigenvalue weighted by Crippen LogP contribution is 2.26. The molecule has 0 saturated heterocycles. The lowest BCUT2D eigenvalue weighted by atomic mass is 9.98. The minimum atomic E-state index is 0.0522. The zero-order valence-electron chi connectivity index (χ0n) is 11.8. The van der Waals surface area contributed by atoms with Crippen molar-refractivity contribution >= 4 is 11.6 Å². The second-order valence-corrected chi connectivity index (χ2v) is 4.80. The second-order valence-electron chi connectivity index (χ2n) is 4.80. The van der Waals surface area contributed by atoms with Crippen molar-refractivity contribution in [2.45, 2.75) is 59.8 Å². The molecule has 0 spiro atoms. The van der Waals surface area contributed by atoms with Gasteiger partial charge in [0.15, 0.2) is 5.78 Å². The van der Waals surface area contributed by atoms with E-state index in [0.29, 0.717) is 18.6 Å². The second kappa shape index (κ2) is 6.53. The van der Waals surface area contributed by atoms with Crippen molar-refractivity contribution < 1.29 is 14.0 Å². The van der Waals surface area contributed by atoms with E-state index in [0.717, 1.165) is 36.1 Å². The summed E-state index contributed by atoms with van der Waals surface area (Å²) >= 11 is 0. The predicted octanol–water partition coefficient (Wildman–Crippen LogP) is 3.65. The van der Waals surface area contributed by atoms with Crippen LogP contribution in [0.2, 0.25) is 0 Å². The maximum Gasteiger partial charge on any atom is 0.163 e. The molecule has 0 bridgehead atoms. The molecule has 100 valence electrons. The number of unbranched alkanes of at least 4 members (excludes halogenated alkanes) is 1. The van der Waals surface area contributed by atoms with Gasteiger partial charge in [-0.1, -0.05) is 13.3 Å². The molecular weight excluding hydrogens is 228 g/mol. The molecule has 0 aliphatic rings. The molecule has 3 heteroatoms. The van der Waals surface area contributed by atoms with Gasteiger partial charge < -0.3 is 9.21 Å². The summed E-state index contributed by atoms with van der Waals surface area (Å²) in [5, 5.41) is 0. The molecule has 1 aromatic rings. The SMILES string of the molecule is CCCCc1c(CCC(C)=O)oc(C)c1C(C)=O. The number of hydrogen-bond acceptors (Lipinski definition) is 3. The van der Waals surface area contributed by atoms with Gasteiger partial charge in [0, 0.05) is 18.4 Å². The van der Waals surface area contributed by atoms with E-state index < -0.39 is 0 Å². The van der Waals surface area contributed by atoms with Gasteiger partial charge in [-0.2, -0.15) is 0 Å². The molecule has 0 fully saturated rings. The lowest BCUT2D eigenvalue weighted by molar-refractivity contribution is -0.117. The first-order chi connectivity index (χ1) is 8.47. The first-order valence-electron chi connectivity index (χ1n) is 6.58. The van der Waals surface area contributed by atoms with Crippen molar-refractivity contribution in [2.75, 3.05) is 0 Å². The first-order valence-corrected chi connectivity index (χ1v) is 6.58. The van der Waals surface area contributed by atoms with Crippen molar-refractivity contribution in [1.82, 2.24) is 0 Å². The van der Waals surface area contributed by atoms with Gasteiger partial charge in [-0.15, -0.1) is 0 Å². The molecule has 0 amide bonds. The summed E-state index contributed by atoms with van der Waals surface area (Å²) < 4.78 is 5.68. The smallest absolute Gasteiger partial charge is 0.163 e. The van der Waals surface area contributed by atoms with Crippen molar-refractivity contribution in [1.29, 1.82) is 0 Å². The zero-order chi connectivity index (χ0) is 13.7. The third kappa shape index (κ3) is 3.56. The molecular formula is C15H22O3. The maximum absolute atomic E-state index is 11.7. The predicted molar refractivity (Wildman–Crippen MR) is 71.1 cm³/mol. The van der Waals surface area contributed by atoms with Crippen LogP contribution in [0.15, 0.2) is 4.42 Å². The van der Waals surface area contributed by atoms with Crippen LogP contribution >= 0.6 is 0 Å². The average Bonchev–Trinajstić information content (AvgIpc) is 2.60. The Balaban J connectivity index is 3.04. The van der Waals surface area contributed by atoms with Gasteiger partial charge >= 0.3 is 0 Å². The molecule has 3 nitrogen and oxygen atoms in total. The molecule has 0 saturated carbocycles. The summed E-state index contributed by atoms with van der Waals surface area (Å²) in [6.07, 6.45) is 4.04. The van der Waals surface area contributed by atoms with Gasteiger partial charge in [0.25, 0.3) is 0 Å². The summed E-state index contributed by atoms with van der Waals surface area (Å²) in [5.41, 5.74) is 1.74. The van der Waals surface area contributed by atoms with Crippen LogP contribution in [-0.2, 0) is 17.6 Å². The van der Waals surface area contributed by atoms with Crippen LogP contribution in [0, 0.1) is 6.92 Å². The molecule has 1 rings (SSSR count). The largest absolute Gasteiger partial charge is 0.465 e. The highest BCUT2D eigenvalue weighted by Gasteiger charge is 2.20. The Morgan fingerprint density at radius 3 is 2.33 bits per heavy atom. The third-order valence-electron chi connectivity index (χ3n) is 3.10. The van der Waals surface area contributed by atoms with Gasteiger partial charge in [0.05, 0.1) is 5.56 Å². The van der Waals surface area contributed by atoms with Gasteiger partial charge in [0.2, 0.25) is 0 Å². The van der Waals surface area contributed by atoms with E-state index in [1.807, 2.05) is 6.92 Å².